The summed E-state index contributed by atoms with van der Waals surface area (Å²) < 4.78 is 26.8. The first-order valence-corrected chi connectivity index (χ1v) is 7.42. The molecule has 3 rings (SSSR count). The molecule has 2 nitrogen and oxygen atoms in total. The first kappa shape index (κ1) is 15.0. The highest BCUT2D eigenvalue weighted by atomic mass is 35.5. The van der Waals surface area contributed by atoms with Crippen LogP contribution in [0.1, 0.15) is 24.8 Å². The number of benzene rings is 2. The lowest BCUT2D eigenvalue weighted by atomic mass is 9.64. The molecule has 1 N–H and O–H groups in total. The zero-order chi connectivity index (χ0) is 15.7. The number of halogens is 3. The Bertz CT molecular complexity index is 711. The fourth-order valence-electron chi connectivity index (χ4n) is 2.78. The summed E-state index contributed by atoms with van der Waals surface area (Å²) in [4.78, 5) is 12.7. The van der Waals surface area contributed by atoms with Crippen LogP contribution in [0.15, 0.2) is 42.5 Å². The summed E-state index contributed by atoms with van der Waals surface area (Å²) >= 11 is 5.84. The first-order valence-electron chi connectivity index (χ1n) is 7.04. The maximum Gasteiger partial charge on any atom is 0.235 e. The molecule has 1 saturated carbocycles. The molecule has 1 fully saturated rings. The van der Waals surface area contributed by atoms with E-state index in [1.165, 1.54) is 30.3 Å². The van der Waals surface area contributed by atoms with Gasteiger partial charge in [0.05, 0.1) is 11.1 Å². The van der Waals surface area contributed by atoms with Crippen LogP contribution in [0.4, 0.5) is 14.5 Å². The van der Waals surface area contributed by atoms with Crippen molar-refractivity contribution >= 4 is 23.2 Å². The monoisotopic (exact) mass is 321 g/mol. The molecule has 0 heterocycles. The zero-order valence-corrected chi connectivity index (χ0v) is 12.5. The van der Waals surface area contributed by atoms with E-state index in [2.05, 4.69) is 5.32 Å². The minimum absolute atomic E-state index is 0.0610. The molecule has 1 aliphatic carbocycles. The van der Waals surface area contributed by atoms with E-state index >= 15 is 0 Å². The Balaban J connectivity index is 1.89. The van der Waals surface area contributed by atoms with Gasteiger partial charge in [-0.05, 0) is 48.7 Å². The van der Waals surface area contributed by atoms with E-state index in [1.807, 2.05) is 0 Å². The molecule has 0 bridgehead atoms. The summed E-state index contributed by atoms with van der Waals surface area (Å²) in [6.07, 6.45) is 2.22. The van der Waals surface area contributed by atoms with Gasteiger partial charge >= 0.3 is 0 Å². The summed E-state index contributed by atoms with van der Waals surface area (Å²) in [6, 6.07) is 9.91. The van der Waals surface area contributed by atoms with Gasteiger partial charge in [-0.3, -0.25) is 4.79 Å². The van der Waals surface area contributed by atoms with Crippen LogP contribution in [0.2, 0.25) is 5.02 Å². The van der Waals surface area contributed by atoms with Gasteiger partial charge in [0.2, 0.25) is 5.91 Å². The Morgan fingerprint density at radius 2 is 1.77 bits per heavy atom. The third-order valence-electron chi connectivity index (χ3n) is 4.22. The lowest BCUT2D eigenvalue weighted by molar-refractivity contribution is -0.124. The van der Waals surface area contributed by atoms with Crippen LogP contribution >= 0.6 is 11.6 Å². The molecule has 1 aliphatic rings. The van der Waals surface area contributed by atoms with Gasteiger partial charge in [0.25, 0.3) is 0 Å². The predicted molar refractivity (Wildman–Crippen MR) is 82.0 cm³/mol. The summed E-state index contributed by atoms with van der Waals surface area (Å²) in [5, 5.41) is 2.96. The third kappa shape index (κ3) is 2.59. The molecule has 0 unspecified atom stereocenters. The number of carbonyl (C=O) groups excluding carboxylic acids is 1. The largest absolute Gasteiger partial charge is 0.323 e. The van der Waals surface area contributed by atoms with Gasteiger partial charge < -0.3 is 5.32 Å². The molecule has 114 valence electrons. The number of carbonyl (C=O) groups is 1. The van der Waals surface area contributed by atoms with Crippen molar-refractivity contribution in [2.24, 2.45) is 0 Å². The van der Waals surface area contributed by atoms with Crippen molar-refractivity contribution in [2.45, 2.75) is 24.7 Å². The summed E-state index contributed by atoms with van der Waals surface area (Å²) in [5.41, 5.74) is 0.0913. The van der Waals surface area contributed by atoms with Gasteiger partial charge in [0.15, 0.2) is 0 Å². The number of hydrogen-bond acceptors (Lipinski definition) is 1. The first-order chi connectivity index (χ1) is 10.5. The van der Waals surface area contributed by atoms with E-state index in [1.54, 1.807) is 12.1 Å². The van der Waals surface area contributed by atoms with E-state index in [4.69, 9.17) is 11.6 Å². The Kier molecular flexibility index (Phi) is 3.87. The molecule has 2 aromatic carbocycles. The van der Waals surface area contributed by atoms with E-state index in [0.29, 0.717) is 17.9 Å². The van der Waals surface area contributed by atoms with Crippen LogP contribution in [-0.2, 0) is 10.2 Å². The van der Waals surface area contributed by atoms with Gasteiger partial charge in [0, 0.05) is 5.02 Å². The maximum absolute atomic E-state index is 13.8. The SMILES string of the molecule is O=C(Nc1cc(Cl)ccc1F)C1(c2ccc(F)cc2)CCC1. The summed E-state index contributed by atoms with van der Waals surface area (Å²) in [6.45, 7) is 0. The fraction of sp³-hybridized carbons (Fsp3) is 0.235. The summed E-state index contributed by atoms with van der Waals surface area (Å²) in [5.74, 6) is -1.17. The lowest BCUT2D eigenvalue weighted by Gasteiger charge is -2.40. The van der Waals surface area contributed by atoms with Crippen LogP contribution in [0.3, 0.4) is 0 Å². The molecule has 0 saturated heterocycles. The van der Waals surface area contributed by atoms with Crippen LogP contribution in [0.25, 0.3) is 0 Å². The molecule has 1 amide bonds. The number of anilines is 1. The standard InChI is InChI=1S/C17H14ClF2NO/c18-12-4-7-14(20)15(10-12)21-16(22)17(8-1-9-17)11-2-5-13(19)6-3-11/h2-7,10H,1,8-9H2,(H,21,22). The number of amides is 1. The molecular weight excluding hydrogens is 308 g/mol. The Morgan fingerprint density at radius 3 is 2.36 bits per heavy atom. The number of nitrogens with one attached hydrogen (secondary N) is 1. The van der Waals surface area contributed by atoms with Crippen LogP contribution in [0.5, 0.6) is 0 Å². The van der Waals surface area contributed by atoms with E-state index in [-0.39, 0.29) is 17.4 Å². The minimum Gasteiger partial charge on any atom is -0.323 e. The van der Waals surface area contributed by atoms with Gasteiger partial charge in [-0.15, -0.1) is 0 Å². The maximum atomic E-state index is 13.8. The molecule has 2 aromatic rings. The van der Waals surface area contributed by atoms with Crippen LogP contribution in [-0.4, -0.2) is 5.91 Å². The van der Waals surface area contributed by atoms with Gasteiger partial charge in [-0.2, -0.15) is 0 Å². The highest BCUT2D eigenvalue weighted by Crippen LogP contribution is 2.44. The molecular formula is C17H14ClF2NO. The van der Waals surface area contributed by atoms with Crippen molar-refractivity contribution in [2.75, 3.05) is 5.32 Å². The zero-order valence-electron chi connectivity index (χ0n) is 11.7. The lowest BCUT2D eigenvalue weighted by Crippen LogP contribution is -2.46. The van der Waals surface area contributed by atoms with Crippen LogP contribution < -0.4 is 5.32 Å². The topological polar surface area (TPSA) is 29.1 Å². The Morgan fingerprint density at radius 1 is 1.09 bits per heavy atom. The van der Waals surface area contributed by atoms with Gasteiger partial charge in [-0.1, -0.05) is 30.2 Å². The second kappa shape index (κ2) is 5.69. The highest BCUT2D eigenvalue weighted by molar-refractivity contribution is 6.30. The van der Waals surface area contributed by atoms with Crippen LogP contribution in [0, 0.1) is 11.6 Å². The predicted octanol–water partition coefficient (Wildman–Crippen LogP) is 4.68. The molecule has 22 heavy (non-hydrogen) atoms. The Hall–Kier alpha value is -1.94. The van der Waals surface area contributed by atoms with Crippen molar-refractivity contribution in [1.82, 2.24) is 0 Å². The highest BCUT2D eigenvalue weighted by Gasteiger charge is 2.45. The van der Waals surface area contributed by atoms with E-state index < -0.39 is 11.2 Å². The average molecular weight is 322 g/mol. The molecule has 0 spiro atoms. The van der Waals surface area contributed by atoms with Gasteiger partial charge in [0.1, 0.15) is 11.6 Å². The Labute approximate surface area is 132 Å². The molecule has 0 aliphatic heterocycles. The third-order valence-corrected chi connectivity index (χ3v) is 4.45. The van der Waals surface area contributed by atoms with E-state index in [9.17, 15) is 13.6 Å². The molecule has 5 heteroatoms. The molecule has 0 aromatic heterocycles. The number of hydrogen-bond donors (Lipinski definition) is 1. The molecule has 0 atom stereocenters. The summed E-state index contributed by atoms with van der Waals surface area (Å²) in [7, 11) is 0. The average Bonchev–Trinajstić information content (AvgIpc) is 2.44. The van der Waals surface area contributed by atoms with Crippen molar-refractivity contribution in [3.05, 3.63) is 64.7 Å². The number of rotatable bonds is 3. The fourth-order valence-corrected chi connectivity index (χ4v) is 2.95. The normalized spacial score (nSPS) is 16.0. The minimum atomic E-state index is -0.720. The smallest absolute Gasteiger partial charge is 0.235 e. The van der Waals surface area contributed by atoms with Crippen molar-refractivity contribution in [1.29, 1.82) is 0 Å². The second-order valence-electron chi connectivity index (χ2n) is 5.52. The molecule has 0 radical (unpaired) electrons. The second-order valence-corrected chi connectivity index (χ2v) is 5.96. The van der Waals surface area contributed by atoms with Gasteiger partial charge in [-0.25, -0.2) is 8.78 Å². The van der Waals surface area contributed by atoms with Crippen molar-refractivity contribution in [3.8, 4) is 0 Å². The van der Waals surface area contributed by atoms with Crippen molar-refractivity contribution < 1.29 is 13.6 Å². The quantitative estimate of drug-likeness (QED) is 0.874. The van der Waals surface area contributed by atoms with Crippen molar-refractivity contribution in [3.63, 3.8) is 0 Å². The van der Waals surface area contributed by atoms with E-state index in [0.717, 1.165) is 12.0 Å².